The van der Waals surface area contributed by atoms with Crippen LogP contribution in [0.4, 0.5) is 5.82 Å². The van der Waals surface area contributed by atoms with Crippen molar-refractivity contribution in [2.45, 2.75) is 0 Å². The number of nitrogens with zero attached hydrogens (tertiary/aromatic N) is 2. The summed E-state index contributed by atoms with van der Waals surface area (Å²) in [6.07, 6.45) is 1.34. The molecular formula is C7H9BrClN3O. The number of aromatic amines is 1. The quantitative estimate of drug-likeness (QED) is 0.838. The molecule has 0 fully saturated rings. The molecule has 0 unspecified atom stereocenters. The molecule has 13 heavy (non-hydrogen) atoms. The highest BCUT2D eigenvalue weighted by atomic mass is 79.9. The number of hydrogen-bond donors (Lipinski definition) is 1. The molecule has 0 saturated carbocycles. The highest BCUT2D eigenvalue weighted by Crippen LogP contribution is 2.16. The molecular weight excluding hydrogens is 257 g/mol. The van der Waals surface area contributed by atoms with Gasteiger partial charge in [0.2, 0.25) is 0 Å². The first-order valence-corrected chi connectivity index (χ1v) is 5.17. The van der Waals surface area contributed by atoms with Crippen LogP contribution in [0.25, 0.3) is 0 Å². The van der Waals surface area contributed by atoms with E-state index in [9.17, 15) is 4.79 Å². The van der Waals surface area contributed by atoms with E-state index in [1.807, 2.05) is 11.9 Å². The maximum atomic E-state index is 11.1. The lowest BCUT2D eigenvalue weighted by atomic mass is 10.5. The Balaban J connectivity index is 3.00. The molecule has 1 N–H and O–H groups in total. The summed E-state index contributed by atoms with van der Waals surface area (Å²) in [6, 6.07) is 0. The van der Waals surface area contributed by atoms with Gasteiger partial charge in [-0.2, -0.15) is 0 Å². The van der Waals surface area contributed by atoms with Gasteiger partial charge in [-0.25, -0.2) is 4.98 Å². The van der Waals surface area contributed by atoms with Gasteiger partial charge in [-0.1, -0.05) is 27.5 Å². The smallest absolute Gasteiger partial charge is 0.271 e. The molecule has 1 heterocycles. The summed E-state index contributed by atoms with van der Waals surface area (Å²) >= 11 is 9.05. The highest BCUT2D eigenvalue weighted by Gasteiger charge is 2.09. The first-order chi connectivity index (χ1) is 6.16. The minimum absolute atomic E-state index is 0.131. The van der Waals surface area contributed by atoms with Gasteiger partial charge >= 0.3 is 0 Å². The van der Waals surface area contributed by atoms with Crippen molar-refractivity contribution < 1.29 is 0 Å². The molecule has 1 rings (SSSR count). The van der Waals surface area contributed by atoms with Crippen molar-refractivity contribution in [2.75, 3.05) is 23.8 Å². The predicted molar refractivity (Wildman–Crippen MR) is 56.9 cm³/mol. The van der Waals surface area contributed by atoms with E-state index in [1.54, 1.807) is 0 Å². The third-order valence-electron chi connectivity index (χ3n) is 1.56. The van der Waals surface area contributed by atoms with E-state index < -0.39 is 0 Å². The first kappa shape index (κ1) is 10.5. The van der Waals surface area contributed by atoms with Crippen LogP contribution in [-0.4, -0.2) is 28.9 Å². The molecule has 1 aromatic rings. The number of nitrogens with one attached hydrogen (secondary N) is 1. The SMILES string of the molecule is CN(CCBr)c1nc[nH]c(=O)c1Cl. The van der Waals surface area contributed by atoms with E-state index in [0.717, 1.165) is 11.9 Å². The number of aromatic nitrogens is 2. The summed E-state index contributed by atoms with van der Waals surface area (Å²) in [5.74, 6) is 0.505. The van der Waals surface area contributed by atoms with Crippen LogP contribution in [0.5, 0.6) is 0 Å². The molecule has 1 aromatic heterocycles. The molecule has 0 atom stereocenters. The lowest BCUT2D eigenvalue weighted by Crippen LogP contribution is -2.23. The Bertz CT molecular complexity index is 341. The standard InChI is InChI=1S/C7H9BrClN3O/c1-12(3-2-8)6-5(9)7(13)11-4-10-6/h4H,2-3H2,1H3,(H,10,11,13). The van der Waals surface area contributed by atoms with Crippen LogP contribution in [-0.2, 0) is 0 Å². The number of H-pyrrole nitrogens is 1. The Morgan fingerprint density at radius 2 is 2.46 bits per heavy atom. The summed E-state index contributed by atoms with van der Waals surface area (Å²) in [7, 11) is 1.83. The number of rotatable bonds is 3. The number of halogens is 2. The molecule has 0 saturated heterocycles. The van der Waals surface area contributed by atoms with E-state index in [1.165, 1.54) is 6.33 Å². The zero-order valence-electron chi connectivity index (χ0n) is 7.05. The molecule has 6 heteroatoms. The Morgan fingerprint density at radius 3 is 3.08 bits per heavy atom. The average molecular weight is 267 g/mol. The van der Waals surface area contributed by atoms with Gasteiger partial charge in [0.25, 0.3) is 5.56 Å². The zero-order chi connectivity index (χ0) is 9.84. The second-order valence-corrected chi connectivity index (χ2v) is 3.65. The zero-order valence-corrected chi connectivity index (χ0v) is 9.39. The molecule has 72 valence electrons. The van der Waals surface area contributed by atoms with Gasteiger partial charge in [0, 0.05) is 18.9 Å². The monoisotopic (exact) mass is 265 g/mol. The van der Waals surface area contributed by atoms with Crippen LogP contribution in [0.2, 0.25) is 5.02 Å². The van der Waals surface area contributed by atoms with E-state index in [4.69, 9.17) is 11.6 Å². The van der Waals surface area contributed by atoms with Gasteiger partial charge in [0.1, 0.15) is 5.02 Å². The van der Waals surface area contributed by atoms with Crippen LogP contribution < -0.4 is 10.5 Å². The van der Waals surface area contributed by atoms with Gasteiger partial charge < -0.3 is 9.88 Å². The lowest BCUT2D eigenvalue weighted by molar-refractivity contribution is 0.933. The van der Waals surface area contributed by atoms with Gasteiger partial charge in [-0.15, -0.1) is 0 Å². The van der Waals surface area contributed by atoms with E-state index >= 15 is 0 Å². The van der Waals surface area contributed by atoms with Gasteiger partial charge in [0.15, 0.2) is 5.82 Å². The van der Waals surface area contributed by atoms with E-state index in [0.29, 0.717) is 5.82 Å². The summed E-state index contributed by atoms with van der Waals surface area (Å²) in [5.41, 5.74) is -0.312. The van der Waals surface area contributed by atoms with Crippen molar-refractivity contribution in [3.63, 3.8) is 0 Å². The van der Waals surface area contributed by atoms with Crippen molar-refractivity contribution in [2.24, 2.45) is 0 Å². The fraction of sp³-hybridized carbons (Fsp3) is 0.429. The molecule has 0 aromatic carbocycles. The summed E-state index contributed by atoms with van der Waals surface area (Å²) in [5, 5.41) is 0.930. The maximum Gasteiger partial charge on any atom is 0.271 e. The third-order valence-corrected chi connectivity index (χ3v) is 2.25. The van der Waals surface area contributed by atoms with Crippen molar-refractivity contribution in [1.82, 2.24) is 9.97 Å². The molecule has 0 spiro atoms. The van der Waals surface area contributed by atoms with Crippen molar-refractivity contribution in [3.8, 4) is 0 Å². The Labute approximate surface area is 89.1 Å². The molecule has 0 aliphatic carbocycles. The fourth-order valence-electron chi connectivity index (χ4n) is 0.872. The molecule has 0 radical (unpaired) electrons. The molecule has 0 bridgehead atoms. The Kier molecular flexibility index (Phi) is 3.74. The van der Waals surface area contributed by atoms with Crippen molar-refractivity contribution in [1.29, 1.82) is 0 Å². The highest BCUT2D eigenvalue weighted by molar-refractivity contribution is 9.09. The van der Waals surface area contributed by atoms with Crippen LogP contribution in [0, 0.1) is 0 Å². The summed E-state index contributed by atoms with van der Waals surface area (Å²) in [6.45, 7) is 0.746. The van der Waals surface area contributed by atoms with Crippen LogP contribution in [0.3, 0.4) is 0 Å². The second kappa shape index (κ2) is 4.62. The normalized spacial score (nSPS) is 10.1. The summed E-state index contributed by atoms with van der Waals surface area (Å²) in [4.78, 5) is 19.3. The van der Waals surface area contributed by atoms with Gasteiger partial charge in [-0.3, -0.25) is 4.79 Å². The topological polar surface area (TPSA) is 49.0 Å². The lowest BCUT2D eigenvalue weighted by Gasteiger charge is -2.16. The average Bonchev–Trinajstić information content (AvgIpc) is 2.10. The van der Waals surface area contributed by atoms with Crippen molar-refractivity contribution >= 4 is 33.3 Å². The van der Waals surface area contributed by atoms with Crippen LogP contribution >= 0.6 is 27.5 Å². The van der Waals surface area contributed by atoms with E-state index in [-0.39, 0.29) is 10.6 Å². The Hall–Kier alpha value is -0.550. The summed E-state index contributed by atoms with van der Waals surface area (Å²) < 4.78 is 0. The number of alkyl halides is 1. The fourth-order valence-corrected chi connectivity index (χ4v) is 1.65. The number of anilines is 1. The van der Waals surface area contributed by atoms with Crippen molar-refractivity contribution in [3.05, 3.63) is 21.7 Å². The van der Waals surface area contributed by atoms with Gasteiger partial charge in [-0.05, 0) is 0 Å². The Morgan fingerprint density at radius 1 is 1.77 bits per heavy atom. The minimum atomic E-state index is -0.312. The predicted octanol–water partition coefficient (Wildman–Crippen LogP) is 1.25. The number of hydrogen-bond acceptors (Lipinski definition) is 3. The third kappa shape index (κ3) is 2.45. The molecule has 0 aliphatic heterocycles. The minimum Gasteiger partial charge on any atom is -0.357 e. The van der Waals surface area contributed by atoms with Crippen LogP contribution in [0.15, 0.2) is 11.1 Å². The second-order valence-electron chi connectivity index (χ2n) is 2.48. The van der Waals surface area contributed by atoms with E-state index in [2.05, 4.69) is 25.9 Å². The molecule has 0 amide bonds. The molecule has 0 aliphatic rings. The van der Waals surface area contributed by atoms with Gasteiger partial charge in [0.05, 0.1) is 6.33 Å². The molecule has 4 nitrogen and oxygen atoms in total. The maximum absolute atomic E-state index is 11.1. The largest absolute Gasteiger partial charge is 0.357 e. The first-order valence-electron chi connectivity index (χ1n) is 3.67. The van der Waals surface area contributed by atoms with Crippen LogP contribution in [0.1, 0.15) is 0 Å².